The smallest absolute Gasteiger partial charge is 0.255 e. The number of aryl methyl sites for hydroxylation is 1. The second-order valence-electron chi connectivity index (χ2n) is 7.61. The maximum Gasteiger partial charge on any atom is 0.255 e. The maximum atomic E-state index is 13.2. The van der Waals surface area contributed by atoms with Gasteiger partial charge in [0.05, 0.1) is 24.2 Å². The van der Waals surface area contributed by atoms with E-state index in [0.29, 0.717) is 44.0 Å². The van der Waals surface area contributed by atoms with E-state index in [-0.39, 0.29) is 17.2 Å². The number of carbonyl (C=O) groups is 1. The van der Waals surface area contributed by atoms with Crippen molar-refractivity contribution in [3.05, 3.63) is 35.3 Å². The molecule has 1 aliphatic carbocycles. The van der Waals surface area contributed by atoms with Crippen LogP contribution in [0.1, 0.15) is 53.0 Å². The normalized spacial score (nSPS) is 29.0. The van der Waals surface area contributed by atoms with Gasteiger partial charge in [0, 0.05) is 37.8 Å². The van der Waals surface area contributed by atoms with E-state index in [1.54, 1.807) is 6.92 Å². The zero-order chi connectivity index (χ0) is 17.0. The second kappa shape index (κ2) is 5.42. The van der Waals surface area contributed by atoms with E-state index >= 15 is 0 Å². The fourth-order valence-corrected chi connectivity index (χ4v) is 4.46. The van der Waals surface area contributed by atoms with Crippen LogP contribution in [0, 0.1) is 12.8 Å². The fraction of sp³-hybridized carbons (Fsp3) is 0.611. The average molecular weight is 342 g/mol. The molecule has 3 aliphatic rings. The summed E-state index contributed by atoms with van der Waals surface area (Å²) in [6.45, 7) is 4.21. The van der Waals surface area contributed by atoms with Gasteiger partial charge in [0.1, 0.15) is 0 Å². The monoisotopic (exact) mass is 342 g/mol. The lowest BCUT2D eigenvalue weighted by Gasteiger charge is -2.27. The minimum Gasteiger partial charge on any atom is -0.425 e. The lowest BCUT2D eigenvalue weighted by atomic mass is 9.81. The molecule has 0 spiro atoms. The van der Waals surface area contributed by atoms with E-state index in [1.165, 1.54) is 19.3 Å². The number of hydrogen-bond donors (Lipinski definition) is 1. The molecule has 2 aromatic rings. The summed E-state index contributed by atoms with van der Waals surface area (Å²) in [5.74, 6) is 1.98. The highest BCUT2D eigenvalue weighted by molar-refractivity contribution is 5.96. The summed E-state index contributed by atoms with van der Waals surface area (Å²) in [6.07, 6.45) is 5.48. The molecule has 7 nitrogen and oxygen atoms in total. The molecule has 2 saturated heterocycles. The maximum absolute atomic E-state index is 13.2. The van der Waals surface area contributed by atoms with E-state index in [9.17, 15) is 4.79 Å². The number of aromatic nitrogens is 3. The topological polar surface area (TPSA) is 84.3 Å². The number of likely N-dealkylation sites (tertiary alicyclic amines) is 1. The van der Waals surface area contributed by atoms with Crippen LogP contribution in [0.4, 0.5) is 0 Å². The molecule has 2 aromatic heterocycles. The molecule has 0 aromatic carbocycles. The summed E-state index contributed by atoms with van der Waals surface area (Å²) >= 11 is 0. The number of nitrogens with zero attached hydrogens (tertiary/aromatic N) is 3. The summed E-state index contributed by atoms with van der Waals surface area (Å²) in [4.78, 5) is 18.4. The summed E-state index contributed by atoms with van der Waals surface area (Å²) in [5.41, 5.74) is 1.57. The Kier molecular flexibility index (Phi) is 3.28. The predicted octanol–water partition coefficient (Wildman–Crippen LogP) is 2.01. The van der Waals surface area contributed by atoms with Crippen molar-refractivity contribution in [2.24, 2.45) is 5.92 Å². The molecule has 2 atom stereocenters. The molecule has 0 unspecified atom stereocenters. The molecule has 1 amide bonds. The number of fused-ring (bicyclic) bond motifs is 1. The summed E-state index contributed by atoms with van der Waals surface area (Å²) in [6, 6.07) is 1.92. The van der Waals surface area contributed by atoms with Gasteiger partial charge in [0.15, 0.2) is 0 Å². The van der Waals surface area contributed by atoms with Gasteiger partial charge in [-0.3, -0.25) is 4.79 Å². The number of ether oxygens (including phenoxy) is 1. The van der Waals surface area contributed by atoms with Crippen LogP contribution >= 0.6 is 0 Å². The van der Waals surface area contributed by atoms with Gasteiger partial charge in [0.25, 0.3) is 5.91 Å². The Morgan fingerprint density at radius 3 is 3.00 bits per heavy atom. The van der Waals surface area contributed by atoms with Crippen LogP contribution < -0.4 is 0 Å². The Morgan fingerprint density at radius 1 is 1.40 bits per heavy atom. The van der Waals surface area contributed by atoms with Crippen LogP contribution in [0.15, 0.2) is 16.7 Å². The number of hydrogen-bond acceptors (Lipinski definition) is 5. The highest BCUT2D eigenvalue weighted by Gasteiger charge is 2.56. The van der Waals surface area contributed by atoms with Crippen molar-refractivity contribution in [3.63, 3.8) is 0 Å². The molecule has 2 aliphatic heterocycles. The number of H-pyrrole nitrogens is 1. The van der Waals surface area contributed by atoms with Crippen molar-refractivity contribution in [2.45, 2.75) is 37.5 Å². The first kappa shape index (κ1) is 15.1. The fourth-order valence-electron chi connectivity index (χ4n) is 4.46. The van der Waals surface area contributed by atoms with E-state index in [2.05, 4.69) is 15.2 Å². The van der Waals surface area contributed by atoms with Gasteiger partial charge in [-0.2, -0.15) is 0 Å². The van der Waals surface area contributed by atoms with Gasteiger partial charge in [-0.25, -0.2) is 0 Å². The average Bonchev–Trinajstić information content (AvgIpc) is 3.26. The minimum atomic E-state index is -0.357. The third kappa shape index (κ3) is 2.18. The third-order valence-corrected chi connectivity index (χ3v) is 6.14. The van der Waals surface area contributed by atoms with Gasteiger partial charge >= 0.3 is 0 Å². The molecule has 0 radical (unpaired) electrons. The summed E-state index contributed by atoms with van der Waals surface area (Å²) < 4.78 is 11.4. The van der Waals surface area contributed by atoms with Crippen LogP contribution in [0.2, 0.25) is 0 Å². The van der Waals surface area contributed by atoms with Crippen LogP contribution in [-0.4, -0.2) is 52.3 Å². The SMILES string of the molecule is Cc1nnc([C@@]23COC[C@@H]2CN(C(=O)c2cc[nH]c2C2CCC2)C3)o1. The quantitative estimate of drug-likeness (QED) is 0.922. The minimum absolute atomic E-state index is 0.105. The lowest BCUT2D eigenvalue weighted by molar-refractivity contribution is 0.0736. The molecule has 3 fully saturated rings. The first-order chi connectivity index (χ1) is 12.2. The molecular formula is C18H22N4O3. The van der Waals surface area contributed by atoms with E-state index in [4.69, 9.17) is 9.15 Å². The molecule has 5 rings (SSSR count). The van der Waals surface area contributed by atoms with Gasteiger partial charge in [0.2, 0.25) is 11.8 Å². The Labute approximate surface area is 145 Å². The third-order valence-electron chi connectivity index (χ3n) is 6.14. The van der Waals surface area contributed by atoms with E-state index in [1.807, 2.05) is 17.2 Å². The molecule has 132 valence electrons. The van der Waals surface area contributed by atoms with Gasteiger partial charge in [-0.15, -0.1) is 10.2 Å². The Bertz CT molecular complexity index is 809. The number of carbonyl (C=O) groups excluding carboxylic acids is 1. The van der Waals surface area contributed by atoms with Crippen LogP contribution in [-0.2, 0) is 10.2 Å². The molecule has 4 heterocycles. The Hall–Kier alpha value is -2.15. The molecule has 7 heteroatoms. The predicted molar refractivity (Wildman–Crippen MR) is 88.3 cm³/mol. The number of aromatic amines is 1. The molecule has 25 heavy (non-hydrogen) atoms. The van der Waals surface area contributed by atoms with Crippen LogP contribution in [0.5, 0.6) is 0 Å². The van der Waals surface area contributed by atoms with Crippen LogP contribution in [0.25, 0.3) is 0 Å². The highest BCUT2D eigenvalue weighted by Crippen LogP contribution is 2.44. The van der Waals surface area contributed by atoms with Gasteiger partial charge in [-0.05, 0) is 24.8 Å². The largest absolute Gasteiger partial charge is 0.425 e. The van der Waals surface area contributed by atoms with Gasteiger partial charge in [-0.1, -0.05) is 6.42 Å². The standard InChI is InChI=1S/C18H22N4O3/c1-11-20-21-17(25-11)18-9-22(7-13(18)8-24-10-18)16(23)14-5-6-19-15(14)12-3-2-4-12/h5-6,12-13,19H,2-4,7-10H2,1H3/t13-,18-/m0/s1. The summed E-state index contributed by atoms with van der Waals surface area (Å²) in [5, 5.41) is 8.23. The number of nitrogens with one attached hydrogen (secondary N) is 1. The molecule has 1 N–H and O–H groups in total. The number of amides is 1. The highest BCUT2D eigenvalue weighted by atomic mass is 16.5. The summed E-state index contributed by atoms with van der Waals surface area (Å²) in [7, 11) is 0. The van der Waals surface area contributed by atoms with Crippen molar-refractivity contribution in [2.75, 3.05) is 26.3 Å². The molecular weight excluding hydrogens is 320 g/mol. The Balaban J connectivity index is 1.43. The second-order valence-corrected chi connectivity index (χ2v) is 7.61. The van der Waals surface area contributed by atoms with Crippen molar-refractivity contribution < 1.29 is 13.9 Å². The van der Waals surface area contributed by atoms with E-state index in [0.717, 1.165) is 11.3 Å². The zero-order valence-corrected chi connectivity index (χ0v) is 14.3. The van der Waals surface area contributed by atoms with Crippen molar-refractivity contribution >= 4 is 5.91 Å². The molecule has 1 saturated carbocycles. The van der Waals surface area contributed by atoms with Crippen molar-refractivity contribution in [1.29, 1.82) is 0 Å². The first-order valence-corrected chi connectivity index (χ1v) is 9.02. The van der Waals surface area contributed by atoms with Crippen LogP contribution in [0.3, 0.4) is 0 Å². The zero-order valence-electron chi connectivity index (χ0n) is 14.3. The van der Waals surface area contributed by atoms with Crippen molar-refractivity contribution in [1.82, 2.24) is 20.1 Å². The molecule has 0 bridgehead atoms. The first-order valence-electron chi connectivity index (χ1n) is 9.02. The van der Waals surface area contributed by atoms with Gasteiger partial charge < -0.3 is 19.0 Å². The lowest BCUT2D eigenvalue weighted by Crippen LogP contribution is -2.37. The van der Waals surface area contributed by atoms with E-state index < -0.39 is 0 Å². The number of rotatable bonds is 3. The van der Waals surface area contributed by atoms with Crippen molar-refractivity contribution in [3.8, 4) is 0 Å². The Morgan fingerprint density at radius 2 is 2.28 bits per heavy atom.